The fraction of sp³-hybridized carbons (Fsp3) is 0.389. The number of carbonyl (C=O) groups is 1. The zero-order chi connectivity index (χ0) is 15.7. The van der Waals surface area contributed by atoms with Gasteiger partial charge in [-0.1, -0.05) is 24.3 Å². The number of fused-ring (bicyclic) bond motifs is 1. The van der Waals surface area contributed by atoms with Gasteiger partial charge in [0.05, 0.1) is 5.56 Å². The number of phenolic OH excluding ortho intramolecular Hbond substituents is 1. The van der Waals surface area contributed by atoms with Gasteiger partial charge in [0.1, 0.15) is 5.75 Å². The zero-order valence-electron chi connectivity index (χ0n) is 13.3. The van der Waals surface area contributed by atoms with Crippen LogP contribution >= 0.6 is 0 Å². The number of amides is 1. The third kappa shape index (κ3) is 2.73. The van der Waals surface area contributed by atoms with Crippen LogP contribution in [0.3, 0.4) is 0 Å². The Balaban J connectivity index is 2.70. The van der Waals surface area contributed by atoms with Crippen molar-refractivity contribution in [1.29, 1.82) is 0 Å². The van der Waals surface area contributed by atoms with Crippen LogP contribution in [0, 0.1) is 6.92 Å². The summed E-state index contributed by atoms with van der Waals surface area (Å²) in [7, 11) is 0. The van der Waals surface area contributed by atoms with Crippen LogP contribution in [0.5, 0.6) is 5.75 Å². The lowest BCUT2D eigenvalue weighted by Crippen LogP contribution is -2.42. The summed E-state index contributed by atoms with van der Waals surface area (Å²) in [6, 6.07) is 9.51. The predicted octanol–water partition coefficient (Wildman–Crippen LogP) is 4.11. The summed E-state index contributed by atoms with van der Waals surface area (Å²) < 4.78 is 0. The molecule has 0 radical (unpaired) electrons. The number of phenols is 1. The van der Waals surface area contributed by atoms with Gasteiger partial charge in [0.15, 0.2) is 0 Å². The topological polar surface area (TPSA) is 40.5 Å². The van der Waals surface area contributed by atoms with Gasteiger partial charge < -0.3 is 10.0 Å². The minimum absolute atomic E-state index is 0.0492. The van der Waals surface area contributed by atoms with Gasteiger partial charge in [-0.2, -0.15) is 0 Å². The molecule has 0 aliphatic rings. The van der Waals surface area contributed by atoms with E-state index in [1.165, 1.54) is 0 Å². The standard InChI is InChI=1S/C18H23NO2/c1-11(2)19(12(3)4)18(21)17-15(20)10-9-14-8-6-7-13(5)16(14)17/h6-12,20H,1-5H3. The fourth-order valence-corrected chi connectivity index (χ4v) is 2.96. The Hall–Kier alpha value is -2.03. The smallest absolute Gasteiger partial charge is 0.258 e. The van der Waals surface area contributed by atoms with E-state index in [0.717, 1.165) is 16.3 Å². The van der Waals surface area contributed by atoms with Crippen molar-refractivity contribution >= 4 is 16.7 Å². The number of nitrogens with zero attached hydrogens (tertiary/aromatic N) is 1. The van der Waals surface area contributed by atoms with Gasteiger partial charge in [0.25, 0.3) is 5.91 Å². The third-order valence-corrected chi connectivity index (χ3v) is 3.79. The largest absolute Gasteiger partial charge is 0.507 e. The lowest BCUT2D eigenvalue weighted by Gasteiger charge is -2.31. The first kappa shape index (κ1) is 15.4. The van der Waals surface area contributed by atoms with E-state index >= 15 is 0 Å². The van der Waals surface area contributed by atoms with Crippen molar-refractivity contribution in [3.05, 3.63) is 41.5 Å². The van der Waals surface area contributed by atoms with E-state index in [9.17, 15) is 9.90 Å². The molecule has 0 saturated heterocycles. The number of aryl methyl sites for hydroxylation is 1. The van der Waals surface area contributed by atoms with E-state index < -0.39 is 0 Å². The lowest BCUT2D eigenvalue weighted by molar-refractivity contribution is 0.0643. The van der Waals surface area contributed by atoms with Gasteiger partial charge in [-0.15, -0.1) is 0 Å². The Kier molecular flexibility index (Phi) is 4.21. The van der Waals surface area contributed by atoms with E-state index in [0.29, 0.717) is 5.56 Å². The summed E-state index contributed by atoms with van der Waals surface area (Å²) in [6.07, 6.45) is 0. The molecule has 0 aliphatic carbocycles. The van der Waals surface area contributed by atoms with Crippen molar-refractivity contribution in [3.8, 4) is 5.75 Å². The van der Waals surface area contributed by atoms with Crippen LogP contribution in [0.15, 0.2) is 30.3 Å². The monoisotopic (exact) mass is 285 g/mol. The van der Waals surface area contributed by atoms with E-state index in [-0.39, 0.29) is 23.7 Å². The second-order valence-electron chi connectivity index (χ2n) is 6.03. The summed E-state index contributed by atoms with van der Waals surface area (Å²) in [4.78, 5) is 14.8. The van der Waals surface area contributed by atoms with E-state index in [1.807, 2.05) is 58.9 Å². The SMILES string of the molecule is Cc1cccc2ccc(O)c(C(=O)N(C(C)C)C(C)C)c12. The number of benzene rings is 2. The molecule has 21 heavy (non-hydrogen) atoms. The van der Waals surface area contributed by atoms with Crippen molar-refractivity contribution in [1.82, 2.24) is 4.90 Å². The highest BCUT2D eigenvalue weighted by atomic mass is 16.3. The van der Waals surface area contributed by atoms with Crippen LogP contribution in [0.25, 0.3) is 10.8 Å². The van der Waals surface area contributed by atoms with Gasteiger partial charge in [0.2, 0.25) is 0 Å². The summed E-state index contributed by atoms with van der Waals surface area (Å²) >= 11 is 0. The Morgan fingerprint density at radius 1 is 1.05 bits per heavy atom. The molecule has 2 aromatic carbocycles. The Labute approximate surface area is 126 Å². The highest BCUT2D eigenvalue weighted by Crippen LogP contribution is 2.31. The molecule has 0 heterocycles. The molecule has 0 atom stereocenters. The second-order valence-corrected chi connectivity index (χ2v) is 6.03. The fourth-order valence-electron chi connectivity index (χ4n) is 2.96. The summed E-state index contributed by atoms with van der Waals surface area (Å²) in [5.74, 6) is -0.0644. The molecular weight excluding hydrogens is 262 g/mol. The number of hydrogen-bond acceptors (Lipinski definition) is 2. The van der Waals surface area contributed by atoms with E-state index in [1.54, 1.807) is 11.0 Å². The van der Waals surface area contributed by atoms with Crippen LogP contribution in [0.2, 0.25) is 0 Å². The molecule has 0 aliphatic heterocycles. The summed E-state index contributed by atoms with van der Waals surface area (Å²) in [6.45, 7) is 9.94. The molecule has 3 nitrogen and oxygen atoms in total. The van der Waals surface area contributed by atoms with Crippen molar-refractivity contribution in [2.75, 3.05) is 0 Å². The minimum Gasteiger partial charge on any atom is -0.507 e. The van der Waals surface area contributed by atoms with Crippen molar-refractivity contribution in [2.45, 2.75) is 46.7 Å². The molecule has 0 fully saturated rings. The van der Waals surface area contributed by atoms with Crippen LogP contribution < -0.4 is 0 Å². The molecule has 0 aromatic heterocycles. The maximum Gasteiger partial charge on any atom is 0.258 e. The maximum atomic E-state index is 13.0. The second kappa shape index (κ2) is 5.76. The summed E-state index contributed by atoms with van der Waals surface area (Å²) in [5, 5.41) is 12.1. The van der Waals surface area contributed by atoms with Crippen LogP contribution in [-0.4, -0.2) is 28.0 Å². The number of rotatable bonds is 3. The van der Waals surface area contributed by atoms with Crippen molar-refractivity contribution in [2.24, 2.45) is 0 Å². The molecule has 0 bridgehead atoms. The highest BCUT2D eigenvalue weighted by molar-refractivity contribution is 6.10. The van der Waals surface area contributed by atoms with Gasteiger partial charge in [-0.3, -0.25) is 4.79 Å². The molecule has 3 heteroatoms. The highest BCUT2D eigenvalue weighted by Gasteiger charge is 2.26. The first-order valence-corrected chi connectivity index (χ1v) is 7.38. The van der Waals surface area contributed by atoms with Crippen LogP contribution in [-0.2, 0) is 0 Å². The van der Waals surface area contributed by atoms with Gasteiger partial charge in [-0.05, 0) is 51.6 Å². The Bertz CT molecular complexity index is 666. The van der Waals surface area contributed by atoms with Crippen molar-refractivity contribution in [3.63, 3.8) is 0 Å². The summed E-state index contributed by atoms with van der Waals surface area (Å²) in [5.41, 5.74) is 1.41. The molecule has 2 rings (SSSR count). The minimum atomic E-state index is -0.114. The number of carbonyl (C=O) groups excluding carboxylic acids is 1. The van der Waals surface area contributed by atoms with Crippen LogP contribution in [0.4, 0.5) is 0 Å². The van der Waals surface area contributed by atoms with Gasteiger partial charge >= 0.3 is 0 Å². The average molecular weight is 285 g/mol. The molecule has 2 aromatic rings. The van der Waals surface area contributed by atoms with Crippen molar-refractivity contribution < 1.29 is 9.90 Å². The molecule has 1 N–H and O–H groups in total. The molecule has 112 valence electrons. The number of aromatic hydroxyl groups is 1. The van der Waals surface area contributed by atoms with E-state index in [4.69, 9.17) is 0 Å². The first-order valence-electron chi connectivity index (χ1n) is 7.38. The molecule has 0 unspecified atom stereocenters. The number of hydrogen-bond donors (Lipinski definition) is 1. The third-order valence-electron chi connectivity index (χ3n) is 3.79. The first-order chi connectivity index (χ1) is 9.84. The normalized spacial score (nSPS) is 11.4. The molecular formula is C18H23NO2. The molecule has 1 amide bonds. The molecule has 0 saturated carbocycles. The lowest BCUT2D eigenvalue weighted by atomic mass is 9.97. The quantitative estimate of drug-likeness (QED) is 0.921. The molecule has 0 spiro atoms. The zero-order valence-corrected chi connectivity index (χ0v) is 13.3. The van der Waals surface area contributed by atoms with Gasteiger partial charge in [-0.25, -0.2) is 0 Å². The van der Waals surface area contributed by atoms with Gasteiger partial charge in [0, 0.05) is 17.5 Å². The Morgan fingerprint density at radius 3 is 2.24 bits per heavy atom. The Morgan fingerprint density at radius 2 is 1.67 bits per heavy atom. The predicted molar refractivity (Wildman–Crippen MR) is 86.8 cm³/mol. The van der Waals surface area contributed by atoms with Crippen LogP contribution in [0.1, 0.15) is 43.6 Å². The van der Waals surface area contributed by atoms with E-state index in [2.05, 4.69) is 0 Å². The maximum absolute atomic E-state index is 13.0. The average Bonchev–Trinajstić information content (AvgIpc) is 2.38.